The molecule has 0 aliphatic rings. The molecule has 0 bridgehead atoms. The molecule has 0 spiro atoms. The van der Waals surface area contributed by atoms with Crippen LogP contribution in [-0.2, 0) is 5.75 Å². The van der Waals surface area contributed by atoms with Crippen LogP contribution in [0.2, 0.25) is 0 Å². The van der Waals surface area contributed by atoms with Gasteiger partial charge in [0, 0.05) is 15.8 Å². The average Bonchev–Trinajstić information content (AvgIpc) is 3.19. The first-order valence-electron chi connectivity index (χ1n) is 7.97. The zero-order chi connectivity index (χ0) is 18.3. The van der Waals surface area contributed by atoms with Crippen LogP contribution in [0.3, 0.4) is 0 Å². The van der Waals surface area contributed by atoms with Crippen LogP contribution in [0.4, 0.5) is 4.39 Å². The predicted molar refractivity (Wildman–Crippen MR) is 101 cm³/mol. The van der Waals surface area contributed by atoms with Crippen LogP contribution < -0.4 is 0 Å². The van der Waals surface area contributed by atoms with Gasteiger partial charge in [0.25, 0.3) is 0 Å². The van der Waals surface area contributed by atoms with Gasteiger partial charge in [-0.05, 0) is 50.6 Å². The van der Waals surface area contributed by atoms with E-state index in [9.17, 15) is 4.39 Å². The fraction of sp³-hybridized carbons (Fsp3) is 0.222. The second-order valence-corrected chi connectivity index (χ2v) is 8.01. The molecule has 0 amide bonds. The largest absolute Gasteiger partial charge is 0.338 e. The molecule has 0 atom stereocenters. The molecule has 1 aromatic carbocycles. The van der Waals surface area contributed by atoms with Crippen molar-refractivity contribution in [3.63, 3.8) is 0 Å². The van der Waals surface area contributed by atoms with E-state index in [1.54, 1.807) is 35.2 Å². The Morgan fingerprint density at radius 2 is 1.85 bits per heavy atom. The highest BCUT2D eigenvalue weighted by atomic mass is 32.2. The summed E-state index contributed by atoms with van der Waals surface area (Å²) in [7, 11) is 0. The lowest BCUT2D eigenvalue weighted by Crippen LogP contribution is -1.92. The molecule has 3 aromatic heterocycles. The van der Waals surface area contributed by atoms with Crippen molar-refractivity contribution < 1.29 is 8.91 Å². The van der Waals surface area contributed by atoms with Gasteiger partial charge in [0.1, 0.15) is 21.5 Å². The van der Waals surface area contributed by atoms with Crippen LogP contribution in [-0.4, -0.2) is 20.1 Å². The number of nitrogens with zero attached hydrogens (tertiary/aromatic N) is 4. The Morgan fingerprint density at radius 3 is 2.62 bits per heavy atom. The SMILES string of the molecule is Cc1nc(SCc2nc(-c3ccc(F)cc3)no2)c2c(C)c(C)sc2n1. The summed E-state index contributed by atoms with van der Waals surface area (Å²) >= 11 is 3.24. The summed E-state index contributed by atoms with van der Waals surface area (Å²) in [5.41, 5.74) is 1.93. The smallest absolute Gasteiger partial charge is 0.237 e. The Morgan fingerprint density at radius 1 is 1.08 bits per heavy atom. The summed E-state index contributed by atoms with van der Waals surface area (Å²) in [6.07, 6.45) is 0. The van der Waals surface area contributed by atoms with Gasteiger partial charge in [-0.15, -0.1) is 11.3 Å². The average molecular weight is 386 g/mol. The molecule has 3 heterocycles. The van der Waals surface area contributed by atoms with Crippen molar-refractivity contribution in [2.24, 2.45) is 0 Å². The van der Waals surface area contributed by atoms with E-state index in [1.165, 1.54) is 22.6 Å². The Hall–Kier alpha value is -2.32. The van der Waals surface area contributed by atoms with Crippen molar-refractivity contribution in [1.29, 1.82) is 0 Å². The first-order chi connectivity index (χ1) is 12.5. The highest BCUT2D eigenvalue weighted by Crippen LogP contribution is 2.36. The maximum Gasteiger partial charge on any atom is 0.237 e. The standard InChI is InChI=1S/C18H15FN4OS2/c1-9-10(2)26-18-15(9)17(20-11(3)21-18)25-8-14-22-16(23-24-14)12-4-6-13(19)7-5-12/h4-7H,8H2,1-3H3. The molecule has 0 saturated carbocycles. The summed E-state index contributed by atoms with van der Waals surface area (Å²) in [6, 6.07) is 6.02. The van der Waals surface area contributed by atoms with Gasteiger partial charge >= 0.3 is 0 Å². The van der Waals surface area contributed by atoms with E-state index in [0.717, 1.165) is 26.6 Å². The summed E-state index contributed by atoms with van der Waals surface area (Å²) in [6.45, 7) is 6.09. The molecule has 0 radical (unpaired) electrons. The molecule has 0 aliphatic heterocycles. The lowest BCUT2D eigenvalue weighted by atomic mass is 10.2. The van der Waals surface area contributed by atoms with E-state index in [1.807, 2.05) is 6.92 Å². The summed E-state index contributed by atoms with van der Waals surface area (Å²) in [5, 5.41) is 6.00. The van der Waals surface area contributed by atoms with Gasteiger partial charge in [-0.25, -0.2) is 14.4 Å². The number of halogens is 1. The molecule has 0 unspecified atom stereocenters. The predicted octanol–water partition coefficient (Wildman–Crippen LogP) is 5.10. The van der Waals surface area contributed by atoms with Gasteiger partial charge in [0.2, 0.25) is 11.7 Å². The van der Waals surface area contributed by atoms with Crippen LogP contribution >= 0.6 is 23.1 Å². The molecule has 0 aliphatic carbocycles. The maximum absolute atomic E-state index is 13.0. The van der Waals surface area contributed by atoms with Gasteiger partial charge in [-0.3, -0.25) is 0 Å². The molecule has 4 rings (SSSR count). The van der Waals surface area contributed by atoms with Crippen LogP contribution in [0, 0.1) is 26.6 Å². The van der Waals surface area contributed by atoms with Gasteiger partial charge in [-0.2, -0.15) is 4.98 Å². The topological polar surface area (TPSA) is 64.7 Å². The van der Waals surface area contributed by atoms with Gasteiger partial charge in [0.05, 0.1) is 5.75 Å². The molecule has 0 N–H and O–H groups in total. The van der Waals surface area contributed by atoms with Gasteiger partial charge in [-0.1, -0.05) is 16.9 Å². The number of thiophene rings is 1. The van der Waals surface area contributed by atoms with Crippen molar-refractivity contribution in [2.75, 3.05) is 0 Å². The highest BCUT2D eigenvalue weighted by Gasteiger charge is 2.16. The number of rotatable bonds is 4. The van der Waals surface area contributed by atoms with Crippen LogP contribution in [0.5, 0.6) is 0 Å². The summed E-state index contributed by atoms with van der Waals surface area (Å²) in [5.74, 6) is 1.92. The molecule has 5 nitrogen and oxygen atoms in total. The number of aromatic nitrogens is 4. The van der Waals surface area contributed by atoms with E-state index in [4.69, 9.17) is 4.52 Å². The Kier molecular flexibility index (Phi) is 4.46. The maximum atomic E-state index is 13.0. The van der Waals surface area contributed by atoms with E-state index >= 15 is 0 Å². The monoisotopic (exact) mass is 386 g/mol. The fourth-order valence-electron chi connectivity index (χ4n) is 2.58. The van der Waals surface area contributed by atoms with Crippen molar-refractivity contribution in [3.05, 3.63) is 52.2 Å². The third-order valence-electron chi connectivity index (χ3n) is 4.01. The van der Waals surface area contributed by atoms with Crippen molar-refractivity contribution in [3.8, 4) is 11.4 Å². The van der Waals surface area contributed by atoms with E-state index in [-0.39, 0.29) is 5.82 Å². The van der Waals surface area contributed by atoms with Crippen molar-refractivity contribution >= 4 is 33.3 Å². The van der Waals surface area contributed by atoms with Crippen molar-refractivity contribution in [2.45, 2.75) is 31.6 Å². The molecular weight excluding hydrogens is 371 g/mol. The van der Waals surface area contributed by atoms with Crippen molar-refractivity contribution in [1.82, 2.24) is 20.1 Å². The number of hydrogen-bond donors (Lipinski definition) is 0. The third kappa shape index (κ3) is 3.22. The zero-order valence-corrected chi connectivity index (χ0v) is 16.0. The minimum atomic E-state index is -0.294. The second kappa shape index (κ2) is 6.77. The first-order valence-corrected chi connectivity index (χ1v) is 9.77. The molecular formula is C18H15FN4OS2. The molecule has 8 heteroatoms. The quantitative estimate of drug-likeness (QED) is 0.359. The van der Waals surface area contributed by atoms with Crippen LogP contribution in [0.1, 0.15) is 22.2 Å². The molecule has 26 heavy (non-hydrogen) atoms. The van der Waals surface area contributed by atoms with Crippen LogP contribution in [0.25, 0.3) is 21.6 Å². The first kappa shape index (κ1) is 17.1. The number of aryl methyl sites for hydroxylation is 3. The number of benzene rings is 1. The molecule has 132 valence electrons. The number of fused-ring (bicyclic) bond motifs is 1. The Balaban J connectivity index is 1.58. The van der Waals surface area contributed by atoms with Gasteiger partial charge in [0.15, 0.2) is 0 Å². The summed E-state index contributed by atoms with van der Waals surface area (Å²) < 4.78 is 18.4. The second-order valence-electron chi connectivity index (χ2n) is 5.85. The fourth-order valence-corrected chi connectivity index (χ4v) is 4.69. The van der Waals surface area contributed by atoms with E-state index in [0.29, 0.717) is 17.5 Å². The van der Waals surface area contributed by atoms with Crippen LogP contribution in [0.15, 0.2) is 33.8 Å². The zero-order valence-electron chi connectivity index (χ0n) is 14.4. The minimum absolute atomic E-state index is 0.294. The molecule has 4 aromatic rings. The minimum Gasteiger partial charge on any atom is -0.338 e. The van der Waals surface area contributed by atoms with Gasteiger partial charge < -0.3 is 4.52 Å². The molecule has 0 saturated heterocycles. The molecule has 0 fully saturated rings. The third-order valence-corrected chi connectivity index (χ3v) is 6.07. The van der Waals surface area contributed by atoms with E-state index < -0.39 is 0 Å². The number of thioether (sulfide) groups is 1. The highest BCUT2D eigenvalue weighted by molar-refractivity contribution is 7.98. The number of hydrogen-bond acceptors (Lipinski definition) is 7. The Bertz CT molecular complexity index is 1090. The normalized spacial score (nSPS) is 11.4. The van der Waals surface area contributed by atoms with E-state index in [2.05, 4.69) is 34.0 Å². The lowest BCUT2D eigenvalue weighted by molar-refractivity contribution is 0.391. The summed E-state index contributed by atoms with van der Waals surface area (Å²) in [4.78, 5) is 15.8. The lowest BCUT2D eigenvalue weighted by Gasteiger charge is -2.03. The Labute approximate surface area is 157 Å².